The highest BCUT2D eigenvalue weighted by Crippen LogP contribution is 2.29. The molecule has 0 saturated carbocycles. The highest BCUT2D eigenvalue weighted by Gasteiger charge is 2.27. The first-order valence-electron chi connectivity index (χ1n) is 6.49. The Balaban J connectivity index is 2.21. The Morgan fingerprint density at radius 2 is 1.95 bits per heavy atom. The fourth-order valence-electron chi connectivity index (χ4n) is 2.32. The smallest absolute Gasteiger partial charge is 0.264 e. The minimum absolute atomic E-state index is 0.0764. The summed E-state index contributed by atoms with van der Waals surface area (Å²) in [5.41, 5.74) is 2.54. The van der Waals surface area contributed by atoms with Crippen molar-refractivity contribution >= 4 is 11.6 Å². The summed E-state index contributed by atoms with van der Waals surface area (Å²) in [4.78, 5) is 12.2. The SMILES string of the molecule is Cc1ccc(NC(=O)C2=CC(C)C=C2C(F)F)c(C)c1. The average molecular weight is 277 g/mol. The highest BCUT2D eigenvalue weighted by molar-refractivity contribution is 6.08. The van der Waals surface area contributed by atoms with E-state index in [4.69, 9.17) is 0 Å². The largest absolute Gasteiger partial charge is 0.322 e. The van der Waals surface area contributed by atoms with Crippen LogP contribution in [0.3, 0.4) is 0 Å². The molecule has 1 aromatic carbocycles. The number of nitrogens with one attached hydrogen (secondary N) is 1. The third-order valence-corrected chi connectivity index (χ3v) is 3.29. The van der Waals surface area contributed by atoms with E-state index in [-0.39, 0.29) is 17.1 Å². The highest BCUT2D eigenvalue weighted by atomic mass is 19.3. The Hall–Kier alpha value is -1.97. The average Bonchev–Trinajstić information content (AvgIpc) is 2.75. The van der Waals surface area contributed by atoms with Gasteiger partial charge in [0.2, 0.25) is 0 Å². The zero-order valence-electron chi connectivity index (χ0n) is 11.7. The van der Waals surface area contributed by atoms with Gasteiger partial charge in [-0.15, -0.1) is 0 Å². The number of benzene rings is 1. The summed E-state index contributed by atoms with van der Waals surface area (Å²) in [5.74, 6) is -0.619. The van der Waals surface area contributed by atoms with Crippen molar-refractivity contribution < 1.29 is 13.6 Å². The molecule has 1 atom stereocenters. The Kier molecular flexibility index (Phi) is 4.02. The van der Waals surface area contributed by atoms with Crippen LogP contribution in [-0.2, 0) is 4.79 Å². The molecule has 2 rings (SSSR count). The lowest BCUT2D eigenvalue weighted by molar-refractivity contribution is -0.112. The first kappa shape index (κ1) is 14.4. The molecule has 1 aliphatic carbocycles. The molecule has 0 heterocycles. The number of aryl methyl sites for hydroxylation is 2. The fraction of sp³-hybridized carbons (Fsp3) is 0.312. The normalized spacial score (nSPS) is 18.0. The van der Waals surface area contributed by atoms with E-state index >= 15 is 0 Å². The maximum atomic E-state index is 12.9. The number of anilines is 1. The molecule has 0 radical (unpaired) electrons. The van der Waals surface area contributed by atoms with E-state index in [9.17, 15) is 13.6 Å². The van der Waals surface area contributed by atoms with Crippen LogP contribution in [0.5, 0.6) is 0 Å². The molecule has 1 aromatic rings. The summed E-state index contributed by atoms with van der Waals surface area (Å²) < 4.78 is 25.8. The third-order valence-electron chi connectivity index (χ3n) is 3.29. The quantitative estimate of drug-likeness (QED) is 0.888. The molecule has 4 heteroatoms. The van der Waals surface area contributed by atoms with Gasteiger partial charge < -0.3 is 5.32 Å². The first-order valence-corrected chi connectivity index (χ1v) is 6.49. The number of halogens is 2. The maximum absolute atomic E-state index is 12.9. The van der Waals surface area contributed by atoms with Gasteiger partial charge in [0.1, 0.15) is 0 Å². The van der Waals surface area contributed by atoms with Gasteiger partial charge in [0, 0.05) is 16.8 Å². The lowest BCUT2D eigenvalue weighted by Gasteiger charge is -2.11. The Morgan fingerprint density at radius 1 is 1.25 bits per heavy atom. The number of rotatable bonds is 3. The molecular weight excluding hydrogens is 260 g/mol. The molecule has 0 fully saturated rings. The van der Waals surface area contributed by atoms with Crippen molar-refractivity contribution in [3.8, 4) is 0 Å². The van der Waals surface area contributed by atoms with Crippen LogP contribution in [0.4, 0.5) is 14.5 Å². The standard InChI is InChI=1S/C16H17F2NO/c1-9-4-5-14(11(3)6-9)19-16(20)13-8-10(2)7-12(13)15(17)18/h4-8,10,15H,1-3H3,(H,19,20). The van der Waals surface area contributed by atoms with Crippen LogP contribution in [0.25, 0.3) is 0 Å². The van der Waals surface area contributed by atoms with E-state index in [1.807, 2.05) is 26.0 Å². The number of amides is 1. The number of hydrogen-bond acceptors (Lipinski definition) is 1. The Bertz CT molecular complexity index is 602. The van der Waals surface area contributed by atoms with Gasteiger partial charge in [-0.05, 0) is 31.4 Å². The Labute approximate surface area is 117 Å². The van der Waals surface area contributed by atoms with E-state index in [0.717, 1.165) is 11.1 Å². The van der Waals surface area contributed by atoms with Gasteiger partial charge in [0.05, 0.1) is 0 Å². The van der Waals surface area contributed by atoms with Gasteiger partial charge in [-0.25, -0.2) is 8.78 Å². The van der Waals surface area contributed by atoms with Crippen molar-refractivity contribution in [2.75, 3.05) is 5.32 Å². The summed E-state index contributed by atoms with van der Waals surface area (Å²) in [5, 5.41) is 2.70. The van der Waals surface area contributed by atoms with E-state index in [1.165, 1.54) is 6.08 Å². The van der Waals surface area contributed by atoms with Crippen molar-refractivity contribution in [1.29, 1.82) is 0 Å². The monoisotopic (exact) mass is 277 g/mol. The maximum Gasteiger partial charge on any atom is 0.264 e. The lowest BCUT2D eigenvalue weighted by Crippen LogP contribution is -2.17. The predicted octanol–water partition coefficient (Wildman–Crippen LogP) is 4.01. The molecule has 0 spiro atoms. The number of alkyl halides is 2. The minimum atomic E-state index is -2.63. The van der Waals surface area contributed by atoms with Crippen LogP contribution in [0, 0.1) is 19.8 Å². The number of carbonyl (C=O) groups is 1. The molecule has 1 N–H and O–H groups in total. The van der Waals surface area contributed by atoms with Crippen LogP contribution >= 0.6 is 0 Å². The molecule has 1 aliphatic rings. The summed E-state index contributed by atoms with van der Waals surface area (Å²) in [6.07, 6.45) is 0.373. The van der Waals surface area contributed by atoms with Crippen molar-refractivity contribution in [3.63, 3.8) is 0 Å². The third kappa shape index (κ3) is 2.95. The second-order valence-corrected chi connectivity index (χ2v) is 5.13. The topological polar surface area (TPSA) is 29.1 Å². The lowest BCUT2D eigenvalue weighted by atomic mass is 10.1. The number of allylic oxidation sites excluding steroid dienone is 2. The zero-order valence-corrected chi connectivity index (χ0v) is 11.7. The Morgan fingerprint density at radius 3 is 2.55 bits per heavy atom. The van der Waals surface area contributed by atoms with Gasteiger partial charge >= 0.3 is 0 Å². The molecule has 0 aromatic heterocycles. The predicted molar refractivity (Wildman–Crippen MR) is 75.9 cm³/mol. The molecule has 1 unspecified atom stereocenters. The number of hydrogen-bond donors (Lipinski definition) is 1. The van der Waals surface area contributed by atoms with Gasteiger partial charge in [-0.1, -0.05) is 36.8 Å². The molecular formula is C16H17F2NO. The first-order chi connectivity index (χ1) is 9.38. The second kappa shape index (κ2) is 5.57. The van der Waals surface area contributed by atoms with Crippen LogP contribution in [0.15, 0.2) is 41.5 Å². The molecule has 0 saturated heterocycles. The minimum Gasteiger partial charge on any atom is -0.322 e. The van der Waals surface area contributed by atoms with Crippen LogP contribution in [0.1, 0.15) is 18.1 Å². The fourth-order valence-corrected chi connectivity index (χ4v) is 2.32. The van der Waals surface area contributed by atoms with E-state index in [1.54, 1.807) is 19.1 Å². The van der Waals surface area contributed by atoms with Crippen molar-refractivity contribution in [1.82, 2.24) is 0 Å². The van der Waals surface area contributed by atoms with Gasteiger partial charge in [-0.2, -0.15) is 0 Å². The summed E-state index contributed by atoms with van der Waals surface area (Å²) in [6.45, 7) is 5.61. The molecule has 106 valence electrons. The second-order valence-electron chi connectivity index (χ2n) is 5.13. The van der Waals surface area contributed by atoms with E-state index in [0.29, 0.717) is 5.69 Å². The van der Waals surface area contributed by atoms with Gasteiger partial charge in [0.25, 0.3) is 12.3 Å². The zero-order chi connectivity index (χ0) is 14.9. The molecule has 2 nitrogen and oxygen atoms in total. The van der Waals surface area contributed by atoms with Crippen molar-refractivity contribution in [3.05, 3.63) is 52.6 Å². The molecule has 0 bridgehead atoms. The van der Waals surface area contributed by atoms with Crippen molar-refractivity contribution in [2.45, 2.75) is 27.2 Å². The summed E-state index contributed by atoms with van der Waals surface area (Å²) >= 11 is 0. The van der Waals surface area contributed by atoms with Crippen molar-refractivity contribution in [2.24, 2.45) is 5.92 Å². The van der Waals surface area contributed by atoms with Crippen LogP contribution in [-0.4, -0.2) is 12.3 Å². The summed E-state index contributed by atoms with van der Waals surface area (Å²) in [7, 11) is 0. The van der Waals surface area contributed by atoms with Crippen LogP contribution in [0.2, 0.25) is 0 Å². The van der Waals surface area contributed by atoms with E-state index in [2.05, 4.69) is 5.32 Å². The molecule has 1 amide bonds. The van der Waals surface area contributed by atoms with E-state index < -0.39 is 12.3 Å². The summed E-state index contributed by atoms with van der Waals surface area (Å²) in [6, 6.07) is 5.59. The number of carbonyl (C=O) groups excluding carboxylic acids is 1. The van der Waals surface area contributed by atoms with Gasteiger partial charge in [0.15, 0.2) is 0 Å². The van der Waals surface area contributed by atoms with Crippen LogP contribution < -0.4 is 5.32 Å². The van der Waals surface area contributed by atoms with Gasteiger partial charge in [-0.3, -0.25) is 4.79 Å². The molecule has 20 heavy (non-hydrogen) atoms. The molecule has 0 aliphatic heterocycles.